The molecule has 2 amide bonds. The van der Waals surface area contributed by atoms with Crippen LogP contribution >= 0.6 is 11.3 Å². The van der Waals surface area contributed by atoms with Gasteiger partial charge in [-0.15, -0.1) is 11.3 Å². The Morgan fingerprint density at radius 2 is 1.89 bits per heavy atom. The predicted octanol–water partition coefficient (Wildman–Crippen LogP) is 4.72. The lowest BCUT2D eigenvalue weighted by Gasteiger charge is -2.30. The number of aromatic amines is 1. The topological polar surface area (TPSA) is 104 Å². The minimum absolute atomic E-state index is 0.0792. The number of aromatic nitrogens is 3. The first kappa shape index (κ1) is 21.5. The highest BCUT2D eigenvalue weighted by atomic mass is 32.1. The fourth-order valence-corrected chi connectivity index (χ4v) is 5.47. The van der Waals surface area contributed by atoms with Crippen LogP contribution in [0.25, 0.3) is 22.0 Å². The van der Waals surface area contributed by atoms with Gasteiger partial charge >= 0.3 is 0 Å². The standard InChI is InChI=1S/C26H23N5O3S/c32-24(27-14-23-28-18-6-2-3-7-19(18)29-23)20-15-35-25(30-20)16-9-11-31(12-10-16)26(33)22-13-17-5-1-4-8-21(17)34-22/h1-8,13,15-16H,9-12,14H2,(H,27,32)(H,28,29). The molecule has 4 heterocycles. The number of piperidine rings is 1. The van der Waals surface area contributed by atoms with E-state index in [9.17, 15) is 9.59 Å². The van der Waals surface area contributed by atoms with Crippen molar-refractivity contribution >= 4 is 45.2 Å². The third-order valence-electron chi connectivity index (χ3n) is 6.38. The molecule has 1 saturated heterocycles. The Balaban J connectivity index is 1.05. The number of thiazole rings is 1. The van der Waals surface area contributed by atoms with Gasteiger partial charge in [0, 0.05) is 29.8 Å². The predicted molar refractivity (Wildman–Crippen MR) is 133 cm³/mol. The second kappa shape index (κ2) is 8.99. The molecule has 2 N–H and O–H groups in total. The van der Waals surface area contributed by atoms with Crippen LogP contribution in [0.4, 0.5) is 0 Å². The third kappa shape index (κ3) is 4.30. The fraction of sp³-hybridized carbons (Fsp3) is 0.231. The van der Waals surface area contributed by atoms with Crippen LogP contribution < -0.4 is 5.32 Å². The molecule has 5 aromatic rings. The maximum Gasteiger partial charge on any atom is 0.289 e. The van der Waals surface area contributed by atoms with Crippen LogP contribution in [0.1, 0.15) is 50.6 Å². The normalized spacial score (nSPS) is 14.6. The van der Waals surface area contributed by atoms with Gasteiger partial charge in [0.15, 0.2) is 5.76 Å². The largest absolute Gasteiger partial charge is 0.451 e. The first-order valence-corrected chi connectivity index (χ1v) is 12.5. The highest BCUT2D eigenvalue weighted by Gasteiger charge is 2.28. The lowest BCUT2D eigenvalue weighted by atomic mass is 9.97. The molecule has 0 bridgehead atoms. The lowest BCUT2D eigenvalue weighted by molar-refractivity contribution is 0.0683. The summed E-state index contributed by atoms with van der Waals surface area (Å²) in [6.07, 6.45) is 1.61. The molecule has 1 aliphatic rings. The molecular formula is C26H23N5O3S. The van der Waals surface area contributed by atoms with Crippen LogP contribution in [0.2, 0.25) is 0 Å². The number of fused-ring (bicyclic) bond motifs is 2. The number of carbonyl (C=O) groups excluding carboxylic acids is 2. The molecule has 6 rings (SSSR count). The van der Waals surface area contributed by atoms with Crippen LogP contribution in [0.15, 0.2) is 64.4 Å². The number of benzene rings is 2. The van der Waals surface area contributed by atoms with E-state index >= 15 is 0 Å². The number of nitrogens with one attached hydrogen (secondary N) is 2. The molecule has 1 fully saturated rings. The van der Waals surface area contributed by atoms with Gasteiger partial charge in [-0.2, -0.15) is 0 Å². The van der Waals surface area contributed by atoms with Crippen molar-refractivity contribution in [2.45, 2.75) is 25.3 Å². The van der Waals surface area contributed by atoms with Crippen molar-refractivity contribution in [1.29, 1.82) is 0 Å². The number of carbonyl (C=O) groups is 2. The van der Waals surface area contributed by atoms with Crippen molar-refractivity contribution in [3.63, 3.8) is 0 Å². The zero-order valence-electron chi connectivity index (χ0n) is 18.9. The molecule has 0 atom stereocenters. The van der Waals surface area contributed by atoms with E-state index < -0.39 is 0 Å². The average Bonchev–Trinajstić information content (AvgIpc) is 3.64. The second-order valence-corrected chi connectivity index (χ2v) is 9.56. The Morgan fingerprint density at radius 1 is 1.09 bits per heavy atom. The first-order valence-electron chi connectivity index (χ1n) is 11.6. The number of likely N-dealkylation sites (tertiary alicyclic amines) is 1. The second-order valence-electron chi connectivity index (χ2n) is 8.67. The smallest absolute Gasteiger partial charge is 0.289 e. The molecular weight excluding hydrogens is 462 g/mol. The van der Waals surface area contributed by atoms with Crippen LogP contribution in [-0.2, 0) is 6.54 Å². The Hall–Kier alpha value is -3.98. The third-order valence-corrected chi connectivity index (χ3v) is 7.38. The molecule has 0 aliphatic carbocycles. The number of hydrogen-bond donors (Lipinski definition) is 2. The van der Waals surface area contributed by atoms with Gasteiger partial charge in [0.25, 0.3) is 11.8 Å². The van der Waals surface area contributed by atoms with Crippen molar-refractivity contribution in [2.24, 2.45) is 0 Å². The van der Waals surface area contributed by atoms with Crippen molar-refractivity contribution in [3.8, 4) is 0 Å². The van der Waals surface area contributed by atoms with Crippen molar-refractivity contribution in [1.82, 2.24) is 25.2 Å². The molecule has 176 valence electrons. The van der Waals surface area contributed by atoms with Crippen molar-refractivity contribution in [2.75, 3.05) is 13.1 Å². The number of para-hydroxylation sites is 3. The first-order chi connectivity index (χ1) is 17.1. The molecule has 0 saturated carbocycles. The highest BCUT2D eigenvalue weighted by molar-refractivity contribution is 7.09. The average molecular weight is 486 g/mol. The Kier molecular flexibility index (Phi) is 5.54. The molecule has 0 radical (unpaired) electrons. The molecule has 8 nitrogen and oxygen atoms in total. The maximum atomic E-state index is 12.9. The molecule has 2 aromatic carbocycles. The summed E-state index contributed by atoms with van der Waals surface area (Å²) < 4.78 is 5.74. The maximum absolute atomic E-state index is 12.9. The quantitative estimate of drug-likeness (QED) is 0.375. The van der Waals surface area contributed by atoms with Crippen LogP contribution in [0.5, 0.6) is 0 Å². The van der Waals surface area contributed by atoms with E-state index in [1.165, 1.54) is 11.3 Å². The number of H-pyrrole nitrogens is 1. The molecule has 9 heteroatoms. The van der Waals surface area contributed by atoms with Crippen molar-refractivity contribution < 1.29 is 14.0 Å². The zero-order chi connectivity index (χ0) is 23.8. The minimum Gasteiger partial charge on any atom is -0.451 e. The molecule has 1 aliphatic heterocycles. The summed E-state index contributed by atoms with van der Waals surface area (Å²) >= 11 is 1.50. The summed E-state index contributed by atoms with van der Waals surface area (Å²) in [7, 11) is 0. The Labute approximate surface area is 205 Å². The Morgan fingerprint density at radius 3 is 2.71 bits per heavy atom. The minimum atomic E-state index is -0.217. The zero-order valence-corrected chi connectivity index (χ0v) is 19.7. The van der Waals surface area contributed by atoms with E-state index in [0.29, 0.717) is 36.9 Å². The lowest BCUT2D eigenvalue weighted by Crippen LogP contribution is -2.37. The molecule has 0 unspecified atom stereocenters. The monoisotopic (exact) mass is 485 g/mol. The Bertz CT molecular complexity index is 1460. The molecule has 35 heavy (non-hydrogen) atoms. The van der Waals surface area contributed by atoms with Crippen molar-refractivity contribution in [3.05, 3.63) is 82.3 Å². The van der Waals surface area contributed by atoms with Gasteiger partial charge in [0.2, 0.25) is 0 Å². The SMILES string of the molecule is O=C(NCc1nc2ccccc2[nH]1)c1csc(C2CCN(C(=O)c3cc4ccccc4o3)CC2)n1. The van der Waals surface area contributed by atoms with Crippen LogP contribution in [0, 0.1) is 0 Å². The molecule has 0 spiro atoms. The summed E-state index contributed by atoms with van der Waals surface area (Å²) in [5, 5.41) is 6.56. The van der Waals surface area contributed by atoms with E-state index in [1.54, 1.807) is 11.4 Å². The fourth-order valence-electron chi connectivity index (χ4n) is 4.50. The van der Waals surface area contributed by atoms with E-state index in [2.05, 4.69) is 20.3 Å². The number of hydrogen-bond acceptors (Lipinski definition) is 6. The number of imidazole rings is 1. The van der Waals surface area contributed by atoms with Gasteiger partial charge in [-0.3, -0.25) is 9.59 Å². The van der Waals surface area contributed by atoms with Gasteiger partial charge in [0.05, 0.1) is 22.6 Å². The summed E-state index contributed by atoms with van der Waals surface area (Å²) in [4.78, 5) is 39.7. The van der Waals surface area contributed by atoms with Gasteiger partial charge < -0.3 is 19.6 Å². The number of nitrogens with zero attached hydrogens (tertiary/aromatic N) is 3. The number of rotatable bonds is 5. The molecule has 3 aromatic heterocycles. The highest BCUT2D eigenvalue weighted by Crippen LogP contribution is 2.31. The van der Waals surface area contributed by atoms with Gasteiger partial charge in [-0.1, -0.05) is 30.3 Å². The van der Waals surface area contributed by atoms with Gasteiger partial charge in [-0.05, 0) is 37.1 Å². The van der Waals surface area contributed by atoms with Crippen LogP contribution in [-0.4, -0.2) is 44.8 Å². The van der Waals surface area contributed by atoms with E-state index in [1.807, 2.05) is 53.4 Å². The van der Waals surface area contributed by atoms with E-state index in [-0.39, 0.29) is 17.7 Å². The van der Waals surface area contributed by atoms with E-state index in [0.717, 1.165) is 39.9 Å². The summed E-state index contributed by atoms with van der Waals surface area (Å²) in [5.41, 5.74) is 2.96. The number of furan rings is 1. The van der Waals surface area contributed by atoms with Gasteiger partial charge in [0.1, 0.15) is 17.1 Å². The summed E-state index contributed by atoms with van der Waals surface area (Å²) in [6.45, 7) is 1.57. The van der Waals surface area contributed by atoms with Crippen LogP contribution in [0.3, 0.4) is 0 Å². The van der Waals surface area contributed by atoms with Gasteiger partial charge in [-0.25, -0.2) is 9.97 Å². The summed E-state index contributed by atoms with van der Waals surface area (Å²) in [6, 6.07) is 17.2. The van der Waals surface area contributed by atoms with E-state index in [4.69, 9.17) is 4.42 Å². The summed E-state index contributed by atoms with van der Waals surface area (Å²) in [5.74, 6) is 1.02. The number of amides is 2.